The normalized spacial score (nSPS) is 11.6. The quantitative estimate of drug-likeness (QED) is 0.288. The maximum atomic E-state index is 11.2. The van der Waals surface area contributed by atoms with E-state index in [0.29, 0.717) is 18.9 Å². The molecule has 0 bridgehead atoms. The van der Waals surface area contributed by atoms with Crippen LogP contribution in [-0.2, 0) is 16.0 Å². The molecule has 0 aliphatic heterocycles. The fourth-order valence-corrected chi connectivity index (χ4v) is 4.17. The minimum absolute atomic E-state index is 0.112. The number of hydrogen-bond donors (Lipinski definition) is 1. The van der Waals surface area contributed by atoms with Crippen LogP contribution >= 0.6 is 11.3 Å². The maximum absolute atomic E-state index is 11.2. The molecule has 4 aromatic rings. The summed E-state index contributed by atoms with van der Waals surface area (Å²) < 4.78 is 17.7. The highest BCUT2D eigenvalue weighted by Gasteiger charge is 2.14. The van der Waals surface area contributed by atoms with Gasteiger partial charge in [0.05, 0.1) is 19.4 Å². The van der Waals surface area contributed by atoms with Crippen LogP contribution in [-0.4, -0.2) is 29.8 Å². The van der Waals surface area contributed by atoms with Crippen LogP contribution in [0.1, 0.15) is 17.0 Å². The zero-order valence-corrected chi connectivity index (χ0v) is 17.9. The number of oxazole rings is 1. The van der Waals surface area contributed by atoms with Crippen molar-refractivity contribution < 1.29 is 23.8 Å². The maximum Gasteiger partial charge on any atom is 0.371 e. The summed E-state index contributed by atoms with van der Waals surface area (Å²) in [7, 11) is 1.35. The van der Waals surface area contributed by atoms with E-state index in [4.69, 9.17) is 13.9 Å². The fraction of sp³-hybridized carbons (Fsp3) is 0.167. The van der Waals surface area contributed by atoms with Crippen LogP contribution in [0.15, 0.2) is 64.1 Å². The van der Waals surface area contributed by atoms with Gasteiger partial charge < -0.3 is 19.0 Å². The number of methoxy groups -OCH3 is 1. The van der Waals surface area contributed by atoms with Crippen LogP contribution in [0.3, 0.4) is 0 Å². The molecule has 31 heavy (non-hydrogen) atoms. The molecule has 1 N–H and O–H groups in total. The topological polar surface area (TPSA) is 81.8 Å². The number of benzene rings is 2. The van der Waals surface area contributed by atoms with Gasteiger partial charge in [-0.25, -0.2) is 9.78 Å². The Morgan fingerprint density at radius 3 is 2.74 bits per heavy atom. The molecule has 0 saturated carbocycles. The number of carboxylic acid groups (broad SMARTS) is 1. The molecule has 2 heterocycles. The number of nitrogens with zero attached hydrogens (tertiary/aromatic N) is 1. The van der Waals surface area contributed by atoms with Crippen molar-refractivity contribution in [3.63, 3.8) is 0 Å². The summed E-state index contributed by atoms with van der Waals surface area (Å²) in [6.07, 6.45) is 2.14. The summed E-state index contributed by atoms with van der Waals surface area (Å²) in [4.78, 5) is 15.9. The number of carboxylic acids is 1. The first-order valence-electron chi connectivity index (χ1n) is 9.70. The van der Waals surface area contributed by atoms with E-state index in [1.165, 1.54) is 24.5 Å². The van der Waals surface area contributed by atoms with Gasteiger partial charge in [0.25, 0.3) is 0 Å². The molecule has 0 fully saturated rings. The van der Waals surface area contributed by atoms with Gasteiger partial charge in [0.2, 0.25) is 11.6 Å². The zero-order chi connectivity index (χ0) is 21.8. The third-order valence-corrected chi connectivity index (χ3v) is 5.80. The molecule has 0 unspecified atom stereocenters. The smallest absolute Gasteiger partial charge is 0.371 e. The highest BCUT2D eigenvalue weighted by Crippen LogP contribution is 2.34. The highest BCUT2D eigenvalue weighted by molar-refractivity contribution is 7.17. The van der Waals surface area contributed by atoms with Gasteiger partial charge in [-0.2, -0.15) is 0 Å². The SMILES string of the molecule is CO/C(=C/c1ccc(OCCc2nc(-c3ccccc3)oc2C)c2ccsc12)C(=O)O. The summed E-state index contributed by atoms with van der Waals surface area (Å²) in [6, 6.07) is 15.4. The third kappa shape index (κ3) is 4.46. The van der Waals surface area contributed by atoms with E-state index in [1.807, 2.05) is 60.8 Å². The molecule has 0 amide bonds. The lowest BCUT2D eigenvalue weighted by molar-refractivity contribution is -0.135. The molecule has 158 valence electrons. The van der Waals surface area contributed by atoms with Gasteiger partial charge in [0.1, 0.15) is 11.5 Å². The van der Waals surface area contributed by atoms with E-state index >= 15 is 0 Å². The Morgan fingerprint density at radius 2 is 2.00 bits per heavy atom. The standard InChI is InChI=1S/C24H21NO5S/c1-15-19(25-23(30-15)16-6-4-3-5-7-16)10-12-29-20-9-8-17(14-21(28-2)24(26)27)22-18(20)11-13-31-22/h3-9,11,13-14H,10,12H2,1-2H3,(H,26,27)/b21-14+. The molecular weight excluding hydrogens is 414 g/mol. The summed E-state index contributed by atoms with van der Waals surface area (Å²) in [6.45, 7) is 2.35. The van der Waals surface area contributed by atoms with Crippen LogP contribution in [0.4, 0.5) is 0 Å². The van der Waals surface area contributed by atoms with Crippen LogP contribution in [0.25, 0.3) is 27.6 Å². The van der Waals surface area contributed by atoms with Gasteiger partial charge in [-0.3, -0.25) is 0 Å². The Hall–Kier alpha value is -3.58. The number of thiophene rings is 1. The summed E-state index contributed by atoms with van der Waals surface area (Å²) in [5.74, 6) is 0.915. The number of fused-ring (bicyclic) bond motifs is 1. The minimum Gasteiger partial charge on any atom is -0.493 e. The molecule has 2 aromatic heterocycles. The predicted molar refractivity (Wildman–Crippen MR) is 120 cm³/mol. The molecule has 0 radical (unpaired) electrons. The van der Waals surface area contributed by atoms with Crippen molar-refractivity contribution in [2.45, 2.75) is 13.3 Å². The average Bonchev–Trinajstić information content (AvgIpc) is 3.41. The van der Waals surface area contributed by atoms with Gasteiger partial charge in [0.15, 0.2) is 0 Å². The van der Waals surface area contributed by atoms with Crippen molar-refractivity contribution >= 4 is 33.5 Å². The molecule has 4 rings (SSSR count). The Bertz CT molecular complexity index is 1240. The average molecular weight is 436 g/mol. The molecule has 6 nitrogen and oxygen atoms in total. The first kappa shape index (κ1) is 20.7. The second kappa shape index (κ2) is 9.06. The zero-order valence-electron chi connectivity index (χ0n) is 17.1. The van der Waals surface area contributed by atoms with Crippen molar-refractivity contribution in [3.05, 3.63) is 76.7 Å². The lowest BCUT2D eigenvalue weighted by Gasteiger charge is -2.09. The van der Waals surface area contributed by atoms with E-state index in [2.05, 4.69) is 4.98 Å². The minimum atomic E-state index is -1.11. The Labute approximate surface area is 183 Å². The van der Waals surface area contributed by atoms with Crippen molar-refractivity contribution in [1.82, 2.24) is 4.98 Å². The van der Waals surface area contributed by atoms with Gasteiger partial charge in [0, 0.05) is 22.1 Å². The van der Waals surface area contributed by atoms with Crippen LogP contribution < -0.4 is 4.74 Å². The van der Waals surface area contributed by atoms with Gasteiger partial charge in [-0.1, -0.05) is 18.2 Å². The van der Waals surface area contributed by atoms with Crippen LogP contribution in [0, 0.1) is 6.92 Å². The van der Waals surface area contributed by atoms with Gasteiger partial charge in [-0.05, 0) is 54.3 Å². The molecule has 0 spiro atoms. The Morgan fingerprint density at radius 1 is 1.19 bits per heavy atom. The van der Waals surface area contributed by atoms with Crippen molar-refractivity contribution in [3.8, 4) is 17.2 Å². The summed E-state index contributed by atoms with van der Waals surface area (Å²) in [5.41, 5.74) is 2.58. The third-order valence-electron chi connectivity index (χ3n) is 4.83. The van der Waals surface area contributed by atoms with E-state index in [9.17, 15) is 9.90 Å². The molecule has 0 saturated heterocycles. The Kier molecular flexibility index (Phi) is 6.04. The number of aromatic nitrogens is 1. The monoisotopic (exact) mass is 435 g/mol. The van der Waals surface area contributed by atoms with Gasteiger partial charge >= 0.3 is 5.97 Å². The van der Waals surface area contributed by atoms with E-state index < -0.39 is 5.97 Å². The number of rotatable bonds is 8. The number of aryl methyl sites for hydroxylation is 1. The first-order valence-corrected chi connectivity index (χ1v) is 10.6. The van der Waals surface area contributed by atoms with E-state index in [1.54, 1.807) is 0 Å². The molecule has 0 aliphatic carbocycles. The van der Waals surface area contributed by atoms with E-state index in [-0.39, 0.29) is 5.76 Å². The van der Waals surface area contributed by atoms with Crippen LogP contribution in [0.5, 0.6) is 5.75 Å². The second-order valence-electron chi connectivity index (χ2n) is 6.82. The first-order chi connectivity index (χ1) is 15.1. The molecule has 2 aromatic carbocycles. The van der Waals surface area contributed by atoms with Crippen molar-refractivity contribution in [2.24, 2.45) is 0 Å². The number of hydrogen-bond acceptors (Lipinski definition) is 6. The summed E-state index contributed by atoms with van der Waals surface area (Å²) in [5, 5.41) is 12.1. The molecular formula is C24H21NO5S. The molecule has 0 atom stereocenters. The van der Waals surface area contributed by atoms with Crippen LogP contribution in [0.2, 0.25) is 0 Å². The second-order valence-corrected chi connectivity index (χ2v) is 7.74. The Balaban J connectivity index is 1.50. The fourth-order valence-electron chi connectivity index (χ4n) is 3.27. The van der Waals surface area contributed by atoms with Crippen molar-refractivity contribution in [2.75, 3.05) is 13.7 Å². The summed E-state index contributed by atoms with van der Waals surface area (Å²) >= 11 is 1.53. The van der Waals surface area contributed by atoms with E-state index in [0.717, 1.165) is 38.4 Å². The number of carbonyl (C=O) groups is 1. The lowest BCUT2D eigenvalue weighted by Crippen LogP contribution is -2.03. The number of ether oxygens (including phenoxy) is 2. The highest BCUT2D eigenvalue weighted by atomic mass is 32.1. The lowest BCUT2D eigenvalue weighted by atomic mass is 10.1. The van der Waals surface area contributed by atoms with Gasteiger partial charge in [-0.15, -0.1) is 11.3 Å². The molecule has 7 heteroatoms. The molecule has 0 aliphatic rings. The van der Waals surface area contributed by atoms with Crippen molar-refractivity contribution in [1.29, 1.82) is 0 Å². The number of aliphatic carboxylic acids is 1. The predicted octanol–water partition coefficient (Wildman–Crippen LogP) is 5.56. The largest absolute Gasteiger partial charge is 0.493 e.